The van der Waals surface area contributed by atoms with Gasteiger partial charge in [-0.15, -0.1) is 0 Å². The van der Waals surface area contributed by atoms with Crippen molar-refractivity contribution in [1.29, 1.82) is 0 Å². The second-order valence-corrected chi connectivity index (χ2v) is 5.12. The van der Waals surface area contributed by atoms with Gasteiger partial charge in [0.15, 0.2) is 0 Å². The van der Waals surface area contributed by atoms with E-state index in [1.165, 1.54) is 51.9 Å². The van der Waals surface area contributed by atoms with E-state index in [9.17, 15) is 0 Å². The van der Waals surface area contributed by atoms with E-state index >= 15 is 0 Å². The van der Waals surface area contributed by atoms with Gasteiger partial charge >= 0.3 is 0 Å². The molecule has 0 spiro atoms. The summed E-state index contributed by atoms with van der Waals surface area (Å²) in [6, 6.07) is 1.38. The highest BCUT2D eigenvalue weighted by molar-refractivity contribution is 4.85. The van der Waals surface area contributed by atoms with Gasteiger partial charge in [0.2, 0.25) is 0 Å². The molecule has 0 aromatic carbocycles. The van der Waals surface area contributed by atoms with Gasteiger partial charge in [0, 0.05) is 25.2 Å². The maximum Gasteiger partial charge on any atom is 0.0223 e. The van der Waals surface area contributed by atoms with E-state index in [4.69, 9.17) is 5.73 Å². The van der Waals surface area contributed by atoms with Crippen molar-refractivity contribution in [3.05, 3.63) is 0 Å². The van der Waals surface area contributed by atoms with Crippen molar-refractivity contribution in [2.75, 3.05) is 32.7 Å². The average molecular weight is 211 g/mol. The maximum atomic E-state index is 5.75. The van der Waals surface area contributed by atoms with Gasteiger partial charge in [-0.1, -0.05) is 0 Å². The van der Waals surface area contributed by atoms with Crippen LogP contribution < -0.4 is 5.73 Å². The van der Waals surface area contributed by atoms with Gasteiger partial charge in [0.1, 0.15) is 0 Å². The van der Waals surface area contributed by atoms with Gasteiger partial charge in [0.05, 0.1) is 0 Å². The zero-order valence-corrected chi connectivity index (χ0v) is 9.99. The first-order chi connectivity index (χ1) is 7.31. The summed E-state index contributed by atoms with van der Waals surface area (Å²) in [5.41, 5.74) is 5.75. The summed E-state index contributed by atoms with van der Waals surface area (Å²) in [4.78, 5) is 5.27. The van der Waals surface area contributed by atoms with Crippen LogP contribution in [0, 0.1) is 0 Å². The highest BCUT2D eigenvalue weighted by Gasteiger charge is 2.28. The number of piperidine rings is 1. The fourth-order valence-electron chi connectivity index (χ4n) is 2.94. The fraction of sp³-hybridized carbons (Fsp3) is 1.00. The van der Waals surface area contributed by atoms with Crippen molar-refractivity contribution in [3.8, 4) is 0 Å². The van der Waals surface area contributed by atoms with Crippen LogP contribution in [0.1, 0.15) is 32.6 Å². The minimum Gasteiger partial charge on any atom is -0.329 e. The van der Waals surface area contributed by atoms with Crippen LogP contribution >= 0.6 is 0 Å². The van der Waals surface area contributed by atoms with Crippen LogP contribution in [0.4, 0.5) is 0 Å². The maximum absolute atomic E-state index is 5.75. The first kappa shape index (κ1) is 11.4. The third-order valence-electron chi connectivity index (χ3n) is 4.05. The van der Waals surface area contributed by atoms with Crippen molar-refractivity contribution in [1.82, 2.24) is 9.80 Å². The van der Waals surface area contributed by atoms with Crippen molar-refractivity contribution >= 4 is 0 Å². The molecule has 0 aliphatic carbocycles. The van der Waals surface area contributed by atoms with E-state index < -0.39 is 0 Å². The van der Waals surface area contributed by atoms with E-state index in [0.717, 1.165) is 12.6 Å². The number of nitrogens with zero attached hydrogens (tertiary/aromatic N) is 2. The average Bonchev–Trinajstić information content (AvgIpc) is 2.82. The monoisotopic (exact) mass is 211 g/mol. The normalized spacial score (nSPS) is 32.0. The lowest BCUT2D eigenvalue weighted by Gasteiger charge is -2.40. The molecule has 15 heavy (non-hydrogen) atoms. The lowest BCUT2D eigenvalue weighted by atomic mass is 10.0. The summed E-state index contributed by atoms with van der Waals surface area (Å²) in [6.45, 7) is 8.21. The van der Waals surface area contributed by atoms with Crippen LogP contribution in [0.25, 0.3) is 0 Å². The van der Waals surface area contributed by atoms with Crippen LogP contribution in [0.15, 0.2) is 0 Å². The molecule has 2 aliphatic rings. The second-order valence-electron chi connectivity index (χ2n) is 5.12. The predicted octanol–water partition coefficient (Wildman–Crippen LogP) is 0.894. The quantitative estimate of drug-likeness (QED) is 0.752. The van der Waals surface area contributed by atoms with E-state index in [0.29, 0.717) is 6.04 Å². The summed E-state index contributed by atoms with van der Waals surface area (Å²) < 4.78 is 0. The minimum absolute atomic E-state index is 0.565. The summed E-state index contributed by atoms with van der Waals surface area (Å²) in [5.74, 6) is 0. The zero-order valence-electron chi connectivity index (χ0n) is 9.99. The molecule has 0 aromatic rings. The van der Waals surface area contributed by atoms with Crippen LogP contribution in [0.5, 0.6) is 0 Å². The van der Waals surface area contributed by atoms with Gasteiger partial charge in [0.25, 0.3) is 0 Å². The minimum atomic E-state index is 0.565. The Morgan fingerprint density at radius 2 is 1.93 bits per heavy atom. The number of likely N-dealkylation sites (tertiary alicyclic amines) is 2. The van der Waals surface area contributed by atoms with Crippen molar-refractivity contribution < 1.29 is 0 Å². The molecule has 2 rings (SSSR count). The molecule has 3 heteroatoms. The molecule has 0 radical (unpaired) electrons. The molecule has 0 saturated carbocycles. The van der Waals surface area contributed by atoms with Gasteiger partial charge < -0.3 is 5.73 Å². The molecular formula is C12H25N3. The summed E-state index contributed by atoms with van der Waals surface area (Å²) in [5, 5.41) is 0. The third-order valence-corrected chi connectivity index (χ3v) is 4.05. The number of rotatable bonds is 3. The number of hydrogen-bond acceptors (Lipinski definition) is 3. The third kappa shape index (κ3) is 2.71. The molecule has 88 valence electrons. The molecule has 2 saturated heterocycles. The molecule has 2 aliphatic heterocycles. The predicted molar refractivity (Wildman–Crippen MR) is 63.9 cm³/mol. The van der Waals surface area contributed by atoms with Gasteiger partial charge in [-0.2, -0.15) is 0 Å². The Morgan fingerprint density at radius 3 is 2.60 bits per heavy atom. The molecule has 2 atom stereocenters. The van der Waals surface area contributed by atoms with Crippen LogP contribution in [0.3, 0.4) is 0 Å². The largest absolute Gasteiger partial charge is 0.329 e. The molecule has 0 bridgehead atoms. The van der Waals surface area contributed by atoms with Crippen LogP contribution in [0.2, 0.25) is 0 Å². The van der Waals surface area contributed by atoms with Crippen LogP contribution in [-0.4, -0.2) is 54.6 Å². The Morgan fingerprint density at radius 1 is 1.20 bits per heavy atom. The van der Waals surface area contributed by atoms with E-state index in [-0.39, 0.29) is 0 Å². The van der Waals surface area contributed by atoms with E-state index in [2.05, 4.69) is 16.7 Å². The Balaban J connectivity index is 1.86. The van der Waals surface area contributed by atoms with Crippen LogP contribution in [-0.2, 0) is 0 Å². The molecule has 2 N–H and O–H groups in total. The van der Waals surface area contributed by atoms with Crippen molar-refractivity contribution in [2.45, 2.75) is 44.7 Å². The highest BCUT2D eigenvalue weighted by Crippen LogP contribution is 2.21. The molecule has 2 unspecified atom stereocenters. The van der Waals surface area contributed by atoms with E-state index in [1.807, 2.05) is 0 Å². The standard InChI is InChI=1S/C12H25N3/c1-11(9-13)15-8-4-5-12(10-15)14-6-2-3-7-14/h11-12H,2-10,13H2,1H3. The summed E-state index contributed by atoms with van der Waals surface area (Å²) in [7, 11) is 0. The lowest BCUT2D eigenvalue weighted by molar-refractivity contribution is 0.0912. The Bertz CT molecular complexity index is 189. The molecule has 2 fully saturated rings. The molecular weight excluding hydrogens is 186 g/mol. The second kappa shape index (κ2) is 5.28. The van der Waals surface area contributed by atoms with Gasteiger partial charge in [-0.05, 0) is 52.2 Å². The fourth-order valence-corrected chi connectivity index (χ4v) is 2.94. The molecule has 0 amide bonds. The highest BCUT2D eigenvalue weighted by atomic mass is 15.3. The first-order valence-corrected chi connectivity index (χ1v) is 6.49. The van der Waals surface area contributed by atoms with Gasteiger partial charge in [-0.3, -0.25) is 9.80 Å². The summed E-state index contributed by atoms with van der Waals surface area (Å²) in [6.07, 6.45) is 5.56. The van der Waals surface area contributed by atoms with Gasteiger partial charge in [-0.25, -0.2) is 0 Å². The Labute approximate surface area is 93.6 Å². The first-order valence-electron chi connectivity index (χ1n) is 6.49. The topological polar surface area (TPSA) is 32.5 Å². The smallest absolute Gasteiger partial charge is 0.0223 e. The Hall–Kier alpha value is -0.120. The number of hydrogen-bond donors (Lipinski definition) is 1. The molecule has 2 heterocycles. The summed E-state index contributed by atoms with van der Waals surface area (Å²) >= 11 is 0. The van der Waals surface area contributed by atoms with Crippen molar-refractivity contribution in [2.24, 2.45) is 5.73 Å². The Kier molecular flexibility index (Phi) is 4.00. The van der Waals surface area contributed by atoms with E-state index in [1.54, 1.807) is 0 Å². The lowest BCUT2D eigenvalue weighted by Crippen LogP contribution is -2.51. The molecule has 3 nitrogen and oxygen atoms in total. The molecule has 0 aromatic heterocycles. The number of nitrogens with two attached hydrogens (primary N) is 1. The SMILES string of the molecule is CC(CN)N1CCCC(N2CCCC2)C1. The van der Waals surface area contributed by atoms with Crippen molar-refractivity contribution in [3.63, 3.8) is 0 Å². The zero-order chi connectivity index (χ0) is 10.7.